The summed E-state index contributed by atoms with van der Waals surface area (Å²) in [6.07, 6.45) is 3.97. The van der Waals surface area contributed by atoms with E-state index in [1.54, 1.807) is 0 Å². The Labute approximate surface area is 298 Å². The van der Waals surface area contributed by atoms with Gasteiger partial charge in [-0.05, 0) is 105 Å². The average molecular weight is 661 g/mol. The number of rotatable bonds is 3. The zero-order valence-electron chi connectivity index (χ0n) is 28.0. The monoisotopic (exact) mass is 660 g/mol. The summed E-state index contributed by atoms with van der Waals surface area (Å²) in [4.78, 5) is 9.82. The molecule has 1 aliphatic rings. The SMILES string of the molecule is c1ccc(-n2c3ccccc3c3cc(-c4ccc5c(c4)c4c6ccccc6ccc4n5-c4cc5c(cn4)-c4cccc6nccc-5c46)ccc32)cc1. The van der Waals surface area contributed by atoms with Crippen LogP contribution in [0.4, 0.5) is 0 Å². The Hall–Kier alpha value is -7.04. The highest BCUT2D eigenvalue weighted by atomic mass is 15.1. The van der Waals surface area contributed by atoms with Crippen molar-refractivity contribution in [1.29, 1.82) is 0 Å². The number of hydrogen-bond acceptors (Lipinski definition) is 2. The smallest absolute Gasteiger partial charge is 0.138 e. The maximum Gasteiger partial charge on any atom is 0.138 e. The van der Waals surface area contributed by atoms with E-state index < -0.39 is 0 Å². The summed E-state index contributed by atoms with van der Waals surface area (Å²) in [6, 6.07) is 57.2. The van der Waals surface area contributed by atoms with Crippen LogP contribution in [0.15, 0.2) is 170 Å². The van der Waals surface area contributed by atoms with Gasteiger partial charge in [0.15, 0.2) is 0 Å². The van der Waals surface area contributed by atoms with Gasteiger partial charge in [-0.25, -0.2) is 4.98 Å². The first-order valence-electron chi connectivity index (χ1n) is 17.7. The minimum absolute atomic E-state index is 0.912. The van der Waals surface area contributed by atoms with E-state index in [1.165, 1.54) is 82.2 Å². The van der Waals surface area contributed by atoms with Gasteiger partial charge in [-0.2, -0.15) is 0 Å². The van der Waals surface area contributed by atoms with Crippen LogP contribution < -0.4 is 0 Å². The van der Waals surface area contributed by atoms with E-state index >= 15 is 0 Å². The Morgan fingerprint density at radius 3 is 1.98 bits per heavy atom. The fraction of sp³-hybridized carbons (Fsp3) is 0. The molecule has 0 N–H and O–H groups in total. The molecule has 0 unspecified atom stereocenters. The zero-order chi connectivity index (χ0) is 33.9. The van der Waals surface area contributed by atoms with Crippen molar-refractivity contribution in [1.82, 2.24) is 19.1 Å². The van der Waals surface area contributed by atoms with Crippen LogP contribution >= 0.6 is 0 Å². The topological polar surface area (TPSA) is 35.6 Å². The van der Waals surface area contributed by atoms with Crippen LogP contribution in [0, 0.1) is 0 Å². The lowest BCUT2D eigenvalue weighted by atomic mass is 9.99. The third kappa shape index (κ3) is 3.70. The number of para-hydroxylation sites is 2. The largest absolute Gasteiger partial charge is 0.309 e. The second-order valence-corrected chi connectivity index (χ2v) is 13.8. The van der Waals surface area contributed by atoms with Crippen molar-refractivity contribution >= 4 is 65.3 Å². The van der Waals surface area contributed by atoms with Crippen molar-refractivity contribution in [3.63, 3.8) is 0 Å². The highest BCUT2D eigenvalue weighted by Crippen LogP contribution is 2.47. The summed E-state index contributed by atoms with van der Waals surface area (Å²) in [6.45, 7) is 0. The molecular weight excluding hydrogens is 633 g/mol. The molecule has 0 atom stereocenters. The van der Waals surface area contributed by atoms with E-state index in [-0.39, 0.29) is 0 Å². The predicted octanol–water partition coefficient (Wildman–Crippen LogP) is 12.3. The summed E-state index contributed by atoms with van der Waals surface area (Å²) in [5.41, 5.74) is 14.1. The lowest BCUT2D eigenvalue weighted by Gasteiger charge is -2.10. The van der Waals surface area contributed by atoms with Crippen molar-refractivity contribution in [3.8, 4) is 44.9 Å². The Morgan fingerprint density at radius 2 is 1.10 bits per heavy atom. The maximum atomic E-state index is 5.15. The first-order chi connectivity index (χ1) is 25.8. The van der Waals surface area contributed by atoms with Gasteiger partial charge in [0.2, 0.25) is 0 Å². The number of nitrogens with zero attached hydrogens (tertiary/aromatic N) is 4. The number of hydrogen-bond donors (Lipinski definition) is 0. The fourth-order valence-electron chi connectivity index (χ4n) is 8.88. The molecule has 4 heteroatoms. The fourth-order valence-corrected chi connectivity index (χ4v) is 8.88. The second kappa shape index (κ2) is 10.3. The summed E-state index contributed by atoms with van der Waals surface area (Å²) in [5, 5.41) is 8.64. The lowest BCUT2D eigenvalue weighted by molar-refractivity contribution is 1.08. The number of fused-ring (bicyclic) bond motifs is 11. The molecule has 0 radical (unpaired) electrons. The number of pyridine rings is 2. The van der Waals surface area contributed by atoms with Crippen LogP contribution in [0.25, 0.3) is 110 Å². The predicted molar refractivity (Wildman–Crippen MR) is 216 cm³/mol. The molecule has 4 heterocycles. The first-order valence-corrected chi connectivity index (χ1v) is 17.7. The Bertz CT molecular complexity index is 3290. The molecule has 1 aliphatic carbocycles. The zero-order valence-corrected chi connectivity index (χ0v) is 28.0. The van der Waals surface area contributed by atoms with Crippen LogP contribution in [-0.4, -0.2) is 19.1 Å². The van der Waals surface area contributed by atoms with Crippen LogP contribution in [-0.2, 0) is 0 Å². The standard InChI is InChI=1S/C48H28N4/c1-2-10-32(11-3-1)51-42-16-7-6-13-34(42)38-25-30(18-20-43(38)51)31-19-21-44-39(26-31)48-33-12-5-4-9-29(33)17-22-45(48)52(44)46-27-37-36-23-24-49-41-15-8-14-35(47(36)41)40(37)28-50-46/h1-28H. The highest BCUT2D eigenvalue weighted by Gasteiger charge is 2.24. The molecular formula is C48H28N4. The van der Waals surface area contributed by atoms with Crippen molar-refractivity contribution in [2.45, 2.75) is 0 Å². The van der Waals surface area contributed by atoms with E-state index in [4.69, 9.17) is 4.98 Å². The van der Waals surface area contributed by atoms with Gasteiger partial charge in [0.05, 0.1) is 27.6 Å². The molecule has 0 amide bonds. The summed E-state index contributed by atoms with van der Waals surface area (Å²) >= 11 is 0. The van der Waals surface area contributed by atoms with Crippen molar-refractivity contribution < 1.29 is 0 Å². The van der Waals surface area contributed by atoms with Crippen LogP contribution in [0.5, 0.6) is 0 Å². The molecule has 0 saturated carbocycles. The van der Waals surface area contributed by atoms with Gasteiger partial charge in [0.1, 0.15) is 5.82 Å². The molecule has 12 rings (SSSR count). The van der Waals surface area contributed by atoms with Gasteiger partial charge in [-0.1, -0.05) is 91.0 Å². The highest BCUT2D eigenvalue weighted by molar-refractivity contribution is 6.22. The van der Waals surface area contributed by atoms with E-state index in [9.17, 15) is 0 Å². The van der Waals surface area contributed by atoms with Crippen LogP contribution in [0.2, 0.25) is 0 Å². The molecule has 0 spiro atoms. The van der Waals surface area contributed by atoms with Gasteiger partial charge < -0.3 is 4.57 Å². The van der Waals surface area contributed by atoms with E-state index in [1.807, 2.05) is 12.4 Å². The Balaban J connectivity index is 1.10. The van der Waals surface area contributed by atoms with Crippen molar-refractivity contribution in [2.75, 3.05) is 0 Å². The molecule has 0 fully saturated rings. The summed E-state index contributed by atoms with van der Waals surface area (Å²) < 4.78 is 4.72. The van der Waals surface area contributed by atoms with Crippen LogP contribution in [0.1, 0.15) is 0 Å². The van der Waals surface area contributed by atoms with Gasteiger partial charge in [0.25, 0.3) is 0 Å². The molecule has 0 saturated heterocycles. The Kier molecular flexibility index (Phi) is 5.47. The van der Waals surface area contributed by atoms with Gasteiger partial charge in [0, 0.05) is 50.6 Å². The second-order valence-electron chi connectivity index (χ2n) is 13.8. The third-order valence-corrected chi connectivity index (χ3v) is 11.1. The molecule has 0 bridgehead atoms. The molecule has 240 valence electrons. The minimum atomic E-state index is 0.912. The normalized spacial score (nSPS) is 12.2. The molecule has 4 aromatic heterocycles. The molecule has 52 heavy (non-hydrogen) atoms. The number of benzene rings is 7. The molecule has 7 aromatic carbocycles. The molecule has 4 nitrogen and oxygen atoms in total. The molecule has 11 aromatic rings. The van der Waals surface area contributed by atoms with Gasteiger partial charge in [-0.15, -0.1) is 0 Å². The molecule has 0 aliphatic heterocycles. The maximum absolute atomic E-state index is 5.15. The van der Waals surface area contributed by atoms with Gasteiger partial charge >= 0.3 is 0 Å². The van der Waals surface area contributed by atoms with Gasteiger partial charge in [-0.3, -0.25) is 9.55 Å². The third-order valence-electron chi connectivity index (χ3n) is 11.1. The Morgan fingerprint density at radius 1 is 0.385 bits per heavy atom. The van der Waals surface area contributed by atoms with E-state index in [2.05, 4.69) is 172 Å². The van der Waals surface area contributed by atoms with Crippen LogP contribution in [0.3, 0.4) is 0 Å². The van der Waals surface area contributed by atoms with Crippen molar-refractivity contribution in [3.05, 3.63) is 170 Å². The van der Waals surface area contributed by atoms with E-state index in [0.29, 0.717) is 0 Å². The first kappa shape index (κ1) is 27.7. The minimum Gasteiger partial charge on any atom is -0.309 e. The summed E-state index contributed by atoms with van der Waals surface area (Å²) in [5.74, 6) is 0.912. The quantitative estimate of drug-likeness (QED) is 0.189. The lowest BCUT2D eigenvalue weighted by Crippen LogP contribution is -1.98. The van der Waals surface area contributed by atoms with E-state index in [0.717, 1.165) is 27.9 Å². The summed E-state index contributed by atoms with van der Waals surface area (Å²) in [7, 11) is 0. The average Bonchev–Trinajstić information content (AvgIpc) is 3.84. The number of aromatic nitrogens is 4. The van der Waals surface area contributed by atoms with Crippen molar-refractivity contribution in [2.24, 2.45) is 0 Å².